The number of hydrogen-bond acceptors (Lipinski definition) is 5. The second kappa shape index (κ2) is 10.7. The van der Waals surface area contributed by atoms with Crippen LogP contribution in [0.5, 0.6) is 0 Å². The normalized spacial score (nSPS) is 11.6. The molecule has 1 N–H and O–H groups in total. The summed E-state index contributed by atoms with van der Waals surface area (Å²) < 4.78 is 25.4. The Bertz CT molecular complexity index is 966. The molecule has 6 nitrogen and oxygen atoms in total. The first-order valence-electron chi connectivity index (χ1n) is 8.60. The highest BCUT2D eigenvalue weighted by Gasteiger charge is 2.19. The van der Waals surface area contributed by atoms with Crippen molar-refractivity contribution in [1.82, 2.24) is 10.3 Å². The zero-order valence-electron chi connectivity index (χ0n) is 15.1. The van der Waals surface area contributed by atoms with Crippen LogP contribution in [-0.2, 0) is 21.1 Å². The SMILES string of the molecule is N#CCCS(=O)(=O)C/C(=C\c1ccc(Br)cc1)C(=O)NCCc1ccncc1. The minimum atomic E-state index is -3.56. The zero-order chi connectivity index (χ0) is 20.4. The van der Waals surface area contributed by atoms with Gasteiger partial charge in [-0.05, 0) is 47.9 Å². The van der Waals surface area contributed by atoms with E-state index < -0.39 is 21.5 Å². The van der Waals surface area contributed by atoms with E-state index in [1.165, 1.54) is 0 Å². The molecule has 0 spiro atoms. The molecule has 0 radical (unpaired) electrons. The molecule has 0 atom stereocenters. The van der Waals surface area contributed by atoms with Crippen LogP contribution in [0.25, 0.3) is 6.08 Å². The first-order chi connectivity index (χ1) is 13.4. The molecule has 146 valence electrons. The van der Waals surface area contributed by atoms with Crippen molar-refractivity contribution in [3.63, 3.8) is 0 Å². The lowest BCUT2D eigenvalue weighted by Gasteiger charge is -2.10. The summed E-state index contributed by atoms with van der Waals surface area (Å²) in [5.74, 6) is -1.12. The largest absolute Gasteiger partial charge is 0.352 e. The maximum absolute atomic E-state index is 12.6. The topological polar surface area (TPSA) is 99.9 Å². The molecule has 2 aromatic rings. The maximum atomic E-state index is 12.6. The van der Waals surface area contributed by atoms with Crippen molar-refractivity contribution < 1.29 is 13.2 Å². The van der Waals surface area contributed by atoms with E-state index >= 15 is 0 Å². The maximum Gasteiger partial charge on any atom is 0.248 e. The number of hydrogen-bond donors (Lipinski definition) is 1. The number of aromatic nitrogens is 1. The van der Waals surface area contributed by atoms with E-state index in [2.05, 4.69) is 26.2 Å². The fraction of sp³-hybridized carbons (Fsp3) is 0.250. The van der Waals surface area contributed by atoms with E-state index in [0.717, 1.165) is 15.6 Å². The lowest BCUT2D eigenvalue weighted by atomic mass is 10.1. The van der Waals surface area contributed by atoms with Crippen LogP contribution in [0, 0.1) is 11.3 Å². The Labute approximate surface area is 173 Å². The van der Waals surface area contributed by atoms with E-state index in [1.54, 1.807) is 30.6 Å². The molecule has 8 heteroatoms. The monoisotopic (exact) mass is 461 g/mol. The second-order valence-electron chi connectivity index (χ2n) is 6.08. The van der Waals surface area contributed by atoms with Crippen molar-refractivity contribution in [3.05, 3.63) is 70.0 Å². The van der Waals surface area contributed by atoms with Crippen molar-refractivity contribution in [1.29, 1.82) is 5.26 Å². The van der Waals surface area contributed by atoms with Gasteiger partial charge in [-0.2, -0.15) is 5.26 Å². The number of amides is 1. The number of carbonyl (C=O) groups excluding carboxylic acids is 1. The predicted octanol–water partition coefficient (Wildman–Crippen LogP) is 2.91. The lowest BCUT2D eigenvalue weighted by molar-refractivity contribution is -0.117. The van der Waals surface area contributed by atoms with E-state index in [0.29, 0.717) is 13.0 Å². The van der Waals surface area contributed by atoms with Gasteiger partial charge in [0.25, 0.3) is 0 Å². The Hall–Kier alpha value is -2.50. The van der Waals surface area contributed by atoms with Gasteiger partial charge in [-0.1, -0.05) is 28.1 Å². The van der Waals surface area contributed by atoms with Gasteiger partial charge in [0, 0.05) is 35.4 Å². The van der Waals surface area contributed by atoms with Gasteiger partial charge in [-0.25, -0.2) is 8.42 Å². The fourth-order valence-corrected chi connectivity index (χ4v) is 3.93. The summed E-state index contributed by atoms with van der Waals surface area (Å²) in [6.45, 7) is 0.374. The van der Waals surface area contributed by atoms with E-state index in [9.17, 15) is 13.2 Å². The van der Waals surface area contributed by atoms with Gasteiger partial charge in [0.2, 0.25) is 5.91 Å². The van der Waals surface area contributed by atoms with E-state index in [1.807, 2.05) is 30.3 Å². The van der Waals surface area contributed by atoms with Gasteiger partial charge in [0.05, 0.1) is 17.6 Å². The van der Waals surface area contributed by atoms with Crippen LogP contribution in [0.15, 0.2) is 58.8 Å². The molecule has 2 rings (SSSR count). The molecule has 1 heterocycles. The summed E-state index contributed by atoms with van der Waals surface area (Å²) in [6.07, 6.45) is 5.44. The molecule has 0 aliphatic carbocycles. The third-order valence-corrected chi connectivity index (χ3v) is 5.96. The number of nitriles is 1. The average Bonchev–Trinajstić information content (AvgIpc) is 2.68. The average molecular weight is 462 g/mol. The van der Waals surface area contributed by atoms with Crippen LogP contribution in [-0.4, -0.2) is 37.4 Å². The quantitative estimate of drug-likeness (QED) is 0.578. The Morgan fingerprint density at radius 1 is 1.18 bits per heavy atom. The minimum Gasteiger partial charge on any atom is -0.352 e. The molecule has 0 saturated carbocycles. The van der Waals surface area contributed by atoms with Crippen LogP contribution in [0.4, 0.5) is 0 Å². The molecule has 0 saturated heterocycles. The lowest BCUT2D eigenvalue weighted by Crippen LogP contribution is -2.30. The number of carbonyl (C=O) groups is 1. The van der Waals surface area contributed by atoms with Gasteiger partial charge in [-0.15, -0.1) is 0 Å². The molecular formula is C20H20BrN3O3S. The zero-order valence-corrected chi connectivity index (χ0v) is 17.5. The molecule has 1 aromatic heterocycles. The summed E-state index contributed by atoms with van der Waals surface area (Å²) in [5, 5.41) is 11.4. The molecule has 0 fully saturated rings. The first kappa shape index (κ1) is 21.8. The number of halogens is 1. The van der Waals surface area contributed by atoms with Crippen molar-refractivity contribution in [2.45, 2.75) is 12.8 Å². The van der Waals surface area contributed by atoms with Crippen molar-refractivity contribution in [2.24, 2.45) is 0 Å². The van der Waals surface area contributed by atoms with Gasteiger partial charge < -0.3 is 5.32 Å². The van der Waals surface area contributed by atoms with Crippen molar-refractivity contribution in [2.75, 3.05) is 18.1 Å². The fourth-order valence-electron chi connectivity index (χ4n) is 2.43. The van der Waals surface area contributed by atoms with Gasteiger partial charge >= 0.3 is 0 Å². The molecule has 1 aromatic carbocycles. The van der Waals surface area contributed by atoms with Crippen molar-refractivity contribution in [3.8, 4) is 6.07 Å². The molecule has 0 aliphatic heterocycles. The van der Waals surface area contributed by atoms with Crippen LogP contribution < -0.4 is 5.32 Å². The smallest absolute Gasteiger partial charge is 0.248 e. The highest BCUT2D eigenvalue weighted by molar-refractivity contribution is 9.10. The van der Waals surface area contributed by atoms with Crippen LogP contribution in [0.2, 0.25) is 0 Å². The Morgan fingerprint density at radius 3 is 2.50 bits per heavy atom. The van der Waals surface area contributed by atoms with Crippen LogP contribution >= 0.6 is 15.9 Å². The van der Waals surface area contributed by atoms with Crippen LogP contribution in [0.3, 0.4) is 0 Å². The number of benzene rings is 1. The summed E-state index contributed by atoms with van der Waals surface area (Å²) in [7, 11) is -3.56. The molecule has 0 bridgehead atoms. The van der Waals surface area contributed by atoms with Crippen molar-refractivity contribution >= 4 is 37.8 Å². The van der Waals surface area contributed by atoms with Gasteiger partial charge in [0.1, 0.15) is 0 Å². The highest BCUT2D eigenvalue weighted by Crippen LogP contribution is 2.15. The first-order valence-corrected chi connectivity index (χ1v) is 11.2. The van der Waals surface area contributed by atoms with E-state index in [4.69, 9.17) is 5.26 Å². The number of pyridine rings is 1. The Balaban J connectivity index is 2.13. The van der Waals surface area contributed by atoms with Gasteiger partial charge in [-0.3, -0.25) is 9.78 Å². The molecule has 0 aliphatic rings. The summed E-state index contributed by atoms with van der Waals surface area (Å²) in [4.78, 5) is 16.6. The number of rotatable bonds is 9. The molecule has 1 amide bonds. The number of nitrogens with one attached hydrogen (secondary N) is 1. The molecule has 28 heavy (non-hydrogen) atoms. The van der Waals surface area contributed by atoms with Gasteiger partial charge in [0.15, 0.2) is 9.84 Å². The third kappa shape index (κ3) is 7.62. The number of sulfone groups is 1. The van der Waals surface area contributed by atoms with Crippen LogP contribution in [0.1, 0.15) is 17.5 Å². The predicted molar refractivity (Wildman–Crippen MR) is 112 cm³/mol. The molecule has 0 unspecified atom stereocenters. The second-order valence-corrected chi connectivity index (χ2v) is 9.18. The minimum absolute atomic E-state index is 0.0996. The standard InChI is InChI=1S/C20H20BrN3O3S/c21-19-4-2-17(3-5-19)14-18(15-28(26,27)13-1-9-22)20(25)24-12-8-16-6-10-23-11-7-16/h2-7,10-11,14H,1,8,12-13,15H2,(H,24,25)/b18-14+. The summed E-state index contributed by atoms with van der Waals surface area (Å²) in [5.41, 5.74) is 1.89. The highest BCUT2D eigenvalue weighted by atomic mass is 79.9. The van der Waals surface area contributed by atoms with E-state index in [-0.39, 0.29) is 17.7 Å². The summed E-state index contributed by atoms with van der Waals surface area (Å²) >= 11 is 3.34. The molecular weight excluding hydrogens is 442 g/mol. The Morgan fingerprint density at radius 2 is 1.86 bits per heavy atom. The summed E-state index contributed by atoms with van der Waals surface area (Å²) in [6, 6.07) is 12.7. The number of nitrogens with zero attached hydrogens (tertiary/aromatic N) is 2. The third-order valence-electron chi connectivity index (χ3n) is 3.85. The Kier molecular flexibility index (Phi) is 8.36.